The highest BCUT2D eigenvalue weighted by Gasteiger charge is 2.24. The molecule has 0 bridgehead atoms. The van der Waals surface area contributed by atoms with Gasteiger partial charge in [0, 0.05) is 17.7 Å². The molecule has 2 aromatic carbocycles. The molecule has 1 unspecified atom stereocenters. The molecule has 10 heteroatoms. The molecule has 0 spiro atoms. The smallest absolute Gasteiger partial charge is 0.305 e. The van der Waals surface area contributed by atoms with E-state index in [0.717, 1.165) is 10.7 Å². The number of carboxylic acid groups (broad SMARTS) is 1. The number of benzene rings is 2. The zero-order valence-corrected chi connectivity index (χ0v) is 16.7. The summed E-state index contributed by atoms with van der Waals surface area (Å²) >= 11 is 0. The van der Waals surface area contributed by atoms with Gasteiger partial charge in [-0.3, -0.25) is 19.5 Å². The summed E-state index contributed by atoms with van der Waals surface area (Å²) in [5.41, 5.74) is 0.148. The molecule has 0 saturated carbocycles. The second kappa shape index (κ2) is 9.16. The van der Waals surface area contributed by atoms with E-state index in [1.807, 2.05) is 0 Å². The molecule has 0 aliphatic rings. The second-order valence-electron chi connectivity index (χ2n) is 6.55. The molecule has 31 heavy (non-hydrogen) atoms. The zero-order valence-electron chi connectivity index (χ0n) is 16.7. The first kappa shape index (κ1) is 21.6. The fourth-order valence-electron chi connectivity index (χ4n) is 3.05. The van der Waals surface area contributed by atoms with Crippen molar-refractivity contribution >= 4 is 11.9 Å². The van der Waals surface area contributed by atoms with Crippen LogP contribution in [0.5, 0.6) is 11.5 Å². The van der Waals surface area contributed by atoms with Gasteiger partial charge in [-0.05, 0) is 36.4 Å². The van der Waals surface area contributed by atoms with Crippen molar-refractivity contribution in [2.75, 3.05) is 14.2 Å². The number of nitrogens with zero attached hydrogens (tertiary/aromatic N) is 1. The van der Waals surface area contributed by atoms with Crippen LogP contribution in [-0.4, -0.2) is 41.0 Å². The number of hydrogen-bond acceptors (Lipinski definition) is 5. The van der Waals surface area contributed by atoms with Crippen molar-refractivity contribution < 1.29 is 28.6 Å². The topological polar surface area (TPSA) is 123 Å². The van der Waals surface area contributed by atoms with E-state index in [-0.39, 0.29) is 5.69 Å². The zero-order chi connectivity index (χ0) is 22.5. The molecule has 9 nitrogen and oxygen atoms in total. The molecule has 0 fully saturated rings. The Hall–Kier alpha value is -4.08. The SMILES string of the molecule is COc1ccc(C(CC(=O)O)NC(=O)c2cc(=O)n(-c3ccc(F)cc3)[nH]2)c(OC)c1. The largest absolute Gasteiger partial charge is 0.497 e. The lowest BCUT2D eigenvalue weighted by molar-refractivity contribution is -0.137. The fraction of sp³-hybridized carbons (Fsp3) is 0.190. The summed E-state index contributed by atoms with van der Waals surface area (Å²) in [7, 11) is 2.89. The van der Waals surface area contributed by atoms with Gasteiger partial charge in [0.15, 0.2) is 0 Å². The molecule has 0 aliphatic heterocycles. The Kier molecular flexibility index (Phi) is 6.39. The molecule has 0 aliphatic carbocycles. The van der Waals surface area contributed by atoms with E-state index in [1.165, 1.54) is 38.5 Å². The average molecular weight is 429 g/mol. The first-order valence-electron chi connectivity index (χ1n) is 9.15. The van der Waals surface area contributed by atoms with Gasteiger partial charge in [-0.25, -0.2) is 9.07 Å². The molecule has 1 heterocycles. The van der Waals surface area contributed by atoms with Crippen LogP contribution in [0.25, 0.3) is 5.69 Å². The fourth-order valence-corrected chi connectivity index (χ4v) is 3.05. The molecular weight excluding hydrogens is 409 g/mol. The molecule has 3 N–H and O–H groups in total. The van der Waals surface area contributed by atoms with Crippen molar-refractivity contribution in [1.82, 2.24) is 15.1 Å². The predicted octanol–water partition coefficient (Wildman–Crippen LogP) is 2.27. The monoisotopic (exact) mass is 429 g/mol. The summed E-state index contributed by atoms with van der Waals surface area (Å²) in [6, 6.07) is 10.0. The van der Waals surface area contributed by atoms with Crippen molar-refractivity contribution in [1.29, 1.82) is 0 Å². The van der Waals surface area contributed by atoms with E-state index in [4.69, 9.17) is 9.47 Å². The molecule has 162 valence electrons. The molecule has 1 atom stereocenters. The molecule has 0 saturated heterocycles. The third-order valence-corrected chi connectivity index (χ3v) is 4.55. The number of hydrogen-bond donors (Lipinski definition) is 3. The van der Waals surface area contributed by atoms with Crippen molar-refractivity contribution in [2.45, 2.75) is 12.5 Å². The molecule has 0 radical (unpaired) electrons. The van der Waals surface area contributed by atoms with Crippen LogP contribution >= 0.6 is 0 Å². The number of carboxylic acids is 1. The first-order chi connectivity index (χ1) is 14.8. The van der Waals surface area contributed by atoms with E-state index < -0.39 is 35.7 Å². The third-order valence-electron chi connectivity index (χ3n) is 4.55. The van der Waals surface area contributed by atoms with Crippen LogP contribution in [0.15, 0.2) is 53.3 Å². The van der Waals surface area contributed by atoms with Crippen LogP contribution in [0.3, 0.4) is 0 Å². The Balaban J connectivity index is 1.90. The van der Waals surface area contributed by atoms with Crippen LogP contribution in [0, 0.1) is 5.82 Å². The van der Waals surface area contributed by atoms with Crippen molar-refractivity contribution in [3.05, 3.63) is 76.0 Å². The van der Waals surface area contributed by atoms with Gasteiger partial charge in [0.05, 0.1) is 32.4 Å². The maximum Gasteiger partial charge on any atom is 0.305 e. The van der Waals surface area contributed by atoms with Gasteiger partial charge in [0.1, 0.15) is 23.0 Å². The molecule has 3 aromatic rings. The van der Waals surface area contributed by atoms with Crippen LogP contribution < -0.4 is 20.3 Å². The van der Waals surface area contributed by atoms with E-state index in [0.29, 0.717) is 22.7 Å². The normalized spacial score (nSPS) is 11.6. The van der Waals surface area contributed by atoms with Crippen LogP contribution in [-0.2, 0) is 4.79 Å². The Bertz CT molecular complexity index is 1150. The van der Waals surface area contributed by atoms with E-state index in [1.54, 1.807) is 18.2 Å². The van der Waals surface area contributed by atoms with Gasteiger partial charge in [-0.15, -0.1) is 0 Å². The summed E-state index contributed by atoms with van der Waals surface area (Å²) < 4.78 is 24.7. The van der Waals surface area contributed by atoms with Gasteiger partial charge in [-0.1, -0.05) is 0 Å². The number of aromatic amines is 1. The van der Waals surface area contributed by atoms with Crippen LogP contribution in [0.1, 0.15) is 28.5 Å². The Labute approximate surface area is 176 Å². The second-order valence-corrected chi connectivity index (χ2v) is 6.55. The molecule has 1 amide bonds. The minimum Gasteiger partial charge on any atom is -0.497 e. The predicted molar refractivity (Wildman–Crippen MR) is 108 cm³/mol. The number of carbonyl (C=O) groups is 2. The Morgan fingerprint density at radius 1 is 1.13 bits per heavy atom. The lowest BCUT2D eigenvalue weighted by Crippen LogP contribution is -2.31. The van der Waals surface area contributed by atoms with Crippen LogP contribution in [0.4, 0.5) is 4.39 Å². The lowest BCUT2D eigenvalue weighted by atomic mass is 10.0. The number of nitrogens with one attached hydrogen (secondary N) is 2. The lowest BCUT2D eigenvalue weighted by Gasteiger charge is -2.20. The van der Waals surface area contributed by atoms with Crippen molar-refractivity contribution in [2.24, 2.45) is 0 Å². The highest BCUT2D eigenvalue weighted by Crippen LogP contribution is 2.31. The number of aromatic nitrogens is 2. The number of rotatable bonds is 8. The van der Waals surface area contributed by atoms with E-state index in [9.17, 15) is 23.9 Å². The summed E-state index contributed by atoms with van der Waals surface area (Å²) in [4.78, 5) is 36.4. The molecular formula is C21H20FN3O6. The number of amides is 1. The summed E-state index contributed by atoms with van der Waals surface area (Å²) in [5, 5.41) is 14.6. The molecule has 1 aromatic heterocycles. The molecule has 3 rings (SSSR count). The van der Waals surface area contributed by atoms with Gasteiger partial charge in [0.25, 0.3) is 11.5 Å². The van der Waals surface area contributed by atoms with Gasteiger partial charge in [0.2, 0.25) is 0 Å². The quantitative estimate of drug-likeness (QED) is 0.505. The highest BCUT2D eigenvalue weighted by molar-refractivity contribution is 5.92. The Morgan fingerprint density at radius 2 is 1.84 bits per heavy atom. The first-order valence-corrected chi connectivity index (χ1v) is 9.15. The summed E-state index contributed by atoms with van der Waals surface area (Å²) in [5.74, 6) is -1.46. The number of H-pyrrole nitrogens is 1. The van der Waals surface area contributed by atoms with Crippen LogP contribution in [0.2, 0.25) is 0 Å². The van der Waals surface area contributed by atoms with E-state index >= 15 is 0 Å². The van der Waals surface area contributed by atoms with Gasteiger partial charge in [-0.2, -0.15) is 0 Å². The summed E-state index contributed by atoms with van der Waals surface area (Å²) in [6.07, 6.45) is -0.419. The van der Waals surface area contributed by atoms with E-state index in [2.05, 4.69) is 10.4 Å². The number of halogens is 1. The minimum atomic E-state index is -1.14. The average Bonchev–Trinajstić information content (AvgIpc) is 3.14. The standard InChI is InChI=1S/C21H20FN3O6/c1-30-14-7-8-15(18(9-14)31-2)16(11-20(27)28)23-21(29)17-10-19(26)25(24-17)13-5-3-12(22)4-6-13/h3-10,16,24H,11H2,1-2H3,(H,23,29)(H,27,28). The minimum absolute atomic E-state index is 0.0859. The number of aliphatic carboxylic acids is 1. The highest BCUT2D eigenvalue weighted by atomic mass is 19.1. The third kappa shape index (κ3) is 4.92. The number of carbonyl (C=O) groups excluding carboxylic acids is 1. The summed E-state index contributed by atoms with van der Waals surface area (Å²) in [6.45, 7) is 0. The maximum atomic E-state index is 13.1. The Morgan fingerprint density at radius 3 is 2.45 bits per heavy atom. The number of methoxy groups -OCH3 is 2. The van der Waals surface area contributed by atoms with Gasteiger partial charge >= 0.3 is 5.97 Å². The maximum absolute atomic E-state index is 13.1. The van der Waals surface area contributed by atoms with Gasteiger partial charge < -0.3 is 19.9 Å². The number of ether oxygens (including phenoxy) is 2. The van der Waals surface area contributed by atoms with Crippen molar-refractivity contribution in [3.63, 3.8) is 0 Å². The van der Waals surface area contributed by atoms with Crippen molar-refractivity contribution in [3.8, 4) is 17.2 Å².